The molecule has 0 aromatic carbocycles. The summed E-state index contributed by atoms with van der Waals surface area (Å²) in [6, 6.07) is 1.88. The van der Waals surface area contributed by atoms with E-state index in [1.807, 2.05) is 6.07 Å². The van der Waals surface area contributed by atoms with Crippen LogP contribution in [0.1, 0.15) is 32.6 Å². The maximum atomic E-state index is 5.59. The topological polar surface area (TPSA) is 71.5 Å². The molecule has 1 aromatic rings. The molecule has 2 aliphatic rings. The van der Waals surface area contributed by atoms with Gasteiger partial charge in [-0.25, -0.2) is 0 Å². The highest BCUT2D eigenvalue weighted by molar-refractivity contribution is 7.80. The number of nitrogens with one attached hydrogen (secondary N) is 2. The molecule has 0 spiro atoms. The highest BCUT2D eigenvalue weighted by atomic mass is 32.1. The van der Waals surface area contributed by atoms with Gasteiger partial charge in [0.15, 0.2) is 5.11 Å². The Balaban J connectivity index is 1.63. The van der Waals surface area contributed by atoms with E-state index >= 15 is 0 Å². The number of nitrogens with zero attached hydrogens (tertiary/aromatic N) is 3. The van der Waals surface area contributed by atoms with Crippen LogP contribution in [0.5, 0.6) is 5.88 Å². The molecule has 3 rings (SSSR count). The Morgan fingerprint density at radius 1 is 1.40 bits per heavy atom. The van der Waals surface area contributed by atoms with Gasteiger partial charge in [-0.2, -0.15) is 9.97 Å². The zero-order valence-corrected chi connectivity index (χ0v) is 15.8. The van der Waals surface area contributed by atoms with Crippen molar-refractivity contribution in [1.29, 1.82) is 0 Å². The zero-order chi connectivity index (χ0) is 17.6. The summed E-state index contributed by atoms with van der Waals surface area (Å²) < 4.78 is 10.9. The van der Waals surface area contributed by atoms with E-state index < -0.39 is 0 Å². The maximum absolute atomic E-state index is 5.59. The van der Waals surface area contributed by atoms with Gasteiger partial charge in [-0.05, 0) is 43.8 Å². The summed E-state index contributed by atoms with van der Waals surface area (Å²) in [6.07, 6.45) is 4.86. The lowest BCUT2D eigenvalue weighted by molar-refractivity contribution is 0.114. The number of hydrogen-bond donors (Lipinski definition) is 2. The lowest BCUT2D eigenvalue weighted by Gasteiger charge is -2.32. The van der Waals surface area contributed by atoms with E-state index in [9.17, 15) is 0 Å². The lowest BCUT2D eigenvalue weighted by atomic mass is 10.0. The number of aromatic nitrogens is 2. The van der Waals surface area contributed by atoms with Gasteiger partial charge in [0.1, 0.15) is 5.82 Å². The monoisotopic (exact) mass is 365 g/mol. The fraction of sp³-hybridized carbons (Fsp3) is 0.706. The minimum Gasteiger partial charge on any atom is -0.481 e. The average molecular weight is 366 g/mol. The molecule has 2 N–H and O–H groups in total. The van der Waals surface area contributed by atoms with Crippen molar-refractivity contribution in [3.8, 4) is 5.88 Å². The minimum absolute atomic E-state index is 0.233. The molecule has 138 valence electrons. The van der Waals surface area contributed by atoms with E-state index in [2.05, 4.69) is 32.4 Å². The molecular formula is C17H27N5O2S. The molecule has 0 unspecified atom stereocenters. The third kappa shape index (κ3) is 5.15. The minimum atomic E-state index is 0.233. The molecule has 1 aromatic heterocycles. The normalized spacial score (nSPS) is 23.4. The Morgan fingerprint density at radius 3 is 3.00 bits per heavy atom. The van der Waals surface area contributed by atoms with E-state index in [0.717, 1.165) is 38.4 Å². The van der Waals surface area contributed by atoms with Crippen molar-refractivity contribution in [2.45, 2.75) is 38.7 Å². The number of methoxy groups -OCH3 is 1. The number of ether oxygens (including phenoxy) is 2. The molecule has 25 heavy (non-hydrogen) atoms. The number of anilines is 2. The molecule has 7 nitrogen and oxygen atoms in total. The summed E-state index contributed by atoms with van der Waals surface area (Å²) in [5.74, 6) is 2.54. The molecular weight excluding hydrogens is 338 g/mol. The molecule has 0 radical (unpaired) electrons. The van der Waals surface area contributed by atoms with E-state index in [-0.39, 0.29) is 6.10 Å². The summed E-state index contributed by atoms with van der Waals surface area (Å²) in [5, 5.41) is 6.75. The highest BCUT2D eigenvalue weighted by Gasteiger charge is 2.20. The first-order chi connectivity index (χ1) is 12.1. The molecule has 3 heterocycles. The van der Waals surface area contributed by atoms with E-state index in [1.165, 1.54) is 12.8 Å². The van der Waals surface area contributed by atoms with E-state index in [0.29, 0.717) is 29.4 Å². The van der Waals surface area contributed by atoms with E-state index in [1.54, 1.807) is 7.11 Å². The molecule has 2 saturated heterocycles. The Bertz CT molecular complexity index is 594. The van der Waals surface area contributed by atoms with Crippen LogP contribution in [-0.4, -0.2) is 54.5 Å². The van der Waals surface area contributed by atoms with Crippen LogP contribution >= 0.6 is 12.2 Å². The predicted octanol–water partition coefficient (Wildman–Crippen LogP) is 2.19. The number of thiocarbonyl (C=S) groups is 1. The van der Waals surface area contributed by atoms with Crippen molar-refractivity contribution >= 4 is 29.1 Å². The Hall–Kier alpha value is -1.67. The Morgan fingerprint density at radius 2 is 2.28 bits per heavy atom. The second kappa shape index (κ2) is 8.62. The molecule has 0 bridgehead atoms. The van der Waals surface area contributed by atoms with Crippen LogP contribution in [0, 0.1) is 5.92 Å². The van der Waals surface area contributed by atoms with Crippen LogP contribution in [0.3, 0.4) is 0 Å². The van der Waals surface area contributed by atoms with Gasteiger partial charge >= 0.3 is 0 Å². The number of rotatable bonds is 5. The van der Waals surface area contributed by atoms with Gasteiger partial charge < -0.3 is 25.0 Å². The van der Waals surface area contributed by atoms with Crippen molar-refractivity contribution in [1.82, 2.24) is 15.3 Å². The fourth-order valence-electron chi connectivity index (χ4n) is 3.29. The van der Waals surface area contributed by atoms with Gasteiger partial charge in [0, 0.05) is 32.3 Å². The van der Waals surface area contributed by atoms with Crippen molar-refractivity contribution in [2.75, 3.05) is 43.6 Å². The van der Waals surface area contributed by atoms with Gasteiger partial charge in [-0.1, -0.05) is 6.92 Å². The number of hydrogen-bond acceptors (Lipinski definition) is 6. The Labute approximate surface area is 154 Å². The largest absolute Gasteiger partial charge is 0.481 e. The quantitative estimate of drug-likeness (QED) is 0.770. The lowest BCUT2D eigenvalue weighted by Crippen LogP contribution is -2.36. The van der Waals surface area contributed by atoms with Crippen LogP contribution in [0.15, 0.2) is 6.07 Å². The summed E-state index contributed by atoms with van der Waals surface area (Å²) in [6.45, 7) is 5.82. The summed E-state index contributed by atoms with van der Waals surface area (Å²) in [5.41, 5.74) is 0. The zero-order valence-electron chi connectivity index (χ0n) is 15.0. The molecule has 8 heteroatoms. The van der Waals surface area contributed by atoms with Crippen molar-refractivity contribution in [3.63, 3.8) is 0 Å². The van der Waals surface area contributed by atoms with Crippen LogP contribution < -0.4 is 20.3 Å². The van der Waals surface area contributed by atoms with Gasteiger partial charge in [-0.15, -0.1) is 0 Å². The third-order valence-electron chi connectivity index (χ3n) is 4.62. The highest BCUT2D eigenvalue weighted by Crippen LogP contribution is 2.25. The smallest absolute Gasteiger partial charge is 0.234 e. The predicted molar refractivity (Wildman–Crippen MR) is 102 cm³/mol. The van der Waals surface area contributed by atoms with Crippen molar-refractivity contribution in [2.24, 2.45) is 5.92 Å². The van der Waals surface area contributed by atoms with Crippen LogP contribution in [0.2, 0.25) is 0 Å². The second-order valence-electron chi connectivity index (χ2n) is 6.76. The SMILES string of the molecule is COc1cc(N2CCC[C@H](C)C2)nc(NC(=S)NC[C@H]2CCCO2)n1. The van der Waals surface area contributed by atoms with Crippen molar-refractivity contribution in [3.05, 3.63) is 6.07 Å². The van der Waals surface area contributed by atoms with Gasteiger partial charge in [-0.3, -0.25) is 0 Å². The third-order valence-corrected chi connectivity index (χ3v) is 4.87. The van der Waals surface area contributed by atoms with Crippen LogP contribution in [0.25, 0.3) is 0 Å². The summed E-state index contributed by atoms with van der Waals surface area (Å²) >= 11 is 5.36. The van der Waals surface area contributed by atoms with Gasteiger partial charge in [0.2, 0.25) is 11.8 Å². The maximum Gasteiger partial charge on any atom is 0.234 e. The molecule has 0 aliphatic carbocycles. The van der Waals surface area contributed by atoms with Gasteiger partial charge in [0.25, 0.3) is 0 Å². The first-order valence-electron chi connectivity index (χ1n) is 8.98. The van der Waals surface area contributed by atoms with Gasteiger partial charge in [0.05, 0.1) is 13.2 Å². The first kappa shape index (κ1) is 18.1. The molecule has 2 aliphatic heterocycles. The summed E-state index contributed by atoms with van der Waals surface area (Å²) in [7, 11) is 1.61. The number of piperidine rings is 1. The molecule has 2 atom stereocenters. The van der Waals surface area contributed by atoms with Crippen molar-refractivity contribution < 1.29 is 9.47 Å². The summed E-state index contributed by atoms with van der Waals surface area (Å²) in [4.78, 5) is 11.3. The molecule has 2 fully saturated rings. The van der Waals surface area contributed by atoms with Crippen LogP contribution in [-0.2, 0) is 4.74 Å². The Kier molecular flexibility index (Phi) is 6.25. The average Bonchev–Trinajstić information content (AvgIpc) is 3.13. The van der Waals surface area contributed by atoms with E-state index in [4.69, 9.17) is 21.7 Å². The second-order valence-corrected chi connectivity index (χ2v) is 7.16. The fourth-order valence-corrected chi connectivity index (χ4v) is 3.47. The molecule has 0 amide bonds. The van der Waals surface area contributed by atoms with Crippen LogP contribution in [0.4, 0.5) is 11.8 Å². The standard InChI is InChI=1S/C17H27N5O2S/c1-12-5-3-7-22(11-12)14-9-15(23-2)20-16(19-14)21-17(25)18-10-13-6-4-8-24-13/h9,12-13H,3-8,10-11H2,1-2H3,(H2,18,19,20,21,25)/t12-,13+/m0/s1. The first-order valence-corrected chi connectivity index (χ1v) is 9.39. The molecule has 0 saturated carbocycles.